The van der Waals surface area contributed by atoms with Gasteiger partial charge in [-0.25, -0.2) is 4.98 Å². The fraction of sp³-hybridized carbons (Fsp3) is 0.231. The van der Waals surface area contributed by atoms with Crippen LogP contribution in [0.15, 0.2) is 28.9 Å². The normalized spacial score (nSPS) is 10.0. The number of benzene rings is 1. The Morgan fingerprint density at radius 3 is 2.55 bits per heavy atom. The van der Waals surface area contributed by atoms with E-state index >= 15 is 0 Å². The molecular weight excluding hydrogens is 324 g/mol. The summed E-state index contributed by atoms with van der Waals surface area (Å²) in [7, 11) is 4.97. The van der Waals surface area contributed by atoms with Gasteiger partial charge in [-0.3, -0.25) is 0 Å². The average molecular weight is 339 g/mol. The zero-order valence-electron chi connectivity index (χ0n) is 11.4. The third-order valence-corrected chi connectivity index (χ3v) is 3.19. The molecule has 0 amide bonds. The van der Waals surface area contributed by atoms with Crippen molar-refractivity contribution in [3.05, 3.63) is 28.9 Å². The molecule has 0 aliphatic heterocycles. The third kappa shape index (κ3) is 3.11. The molecule has 0 unspecified atom stereocenters. The Labute approximate surface area is 125 Å². The number of ether oxygens (including phenoxy) is 2. The number of nitrogens with zero attached hydrogens (tertiary/aromatic N) is 2. The number of halogens is 1. The molecule has 2 N–H and O–H groups in total. The standard InChI is InChI=1S/C13H15BrN4O2/c1-15-13-16-7-9(14)12(18-13)17-8-4-5-10(19-2)11(6-8)20-3/h4-7H,1-3H3,(H2,15,16,17,18). The summed E-state index contributed by atoms with van der Waals surface area (Å²) in [5.74, 6) is 2.53. The Hall–Kier alpha value is -2.02. The molecular formula is C13H15BrN4O2. The summed E-state index contributed by atoms with van der Waals surface area (Å²) in [5, 5.41) is 6.09. The van der Waals surface area contributed by atoms with Gasteiger partial charge in [0, 0.05) is 25.0 Å². The van der Waals surface area contributed by atoms with Crippen molar-refractivity contribution in [3.8, 4) is 11.5 Å². The number of nitrogens with one attached hydrogen (secondary N) is 2. The van der Waals surface area contributed by atoms with Crippen LogP contribution < -0.4 is 20.1 Å². The van der Waals surface area contributed by atoms with E-state index in [1.807, 2.05) is 18.2 Å². The maximum absolute atomic E-state index is 5.27. The molecule has 0 saturated heterocycles. The minimum atomic E-state index is 0.538. The molecule has 2 rings (SSSR count). The molecule has 0 radical (unpaired) electrons. The molecule has 0 saturated carbocycles. The van der Waals surface area contributed by atoms with Gasteiger partial charge in [0.1, 0.15) is 5.82 Å². The summed E-state index contributed by atoms with van der Waals surface area (Å²) >= 11 is 3.41. The topological polar surface area (TPSA) is 68.3 Å². The molecule has 1 aromatic carbocycles. The first kappa shape index (κ1) is 14.4. The van der Waals surface area contributed by atoms with Gasteiger partial charge < -0.3 is 20.1 Å². The van der Waals surface area contributed by atoms with Crippen LogP contribution in [0.3, 0.4) is 0 Å². The third-order valence-electron chi connectivity index (χ3n) is 2.61. The number of aromatic nitrogens is 2. The van der Waals surface area contributed by atoms with Gasteiger partial charge >= 0.3 is 0 Å². The molecule has 2 aromatic rings. The van der Waals surface area contributed by atoms with Crippen molar-refractivity contribution >= 4 is 33.4 Å². The summed E-state index contributed by atoms with van der Waals surface area (Å²) in [6.45, 7) is 0. The lowest BCUT2D eigenvalue weighted by Gasteiger charge is -2.12. The van der Waals surface area contributed by atoms with Crippen molar-refractivity contribution in [2.75, 3.05) is 31.9 Å². The van der Waals surface area contributed by atoms with E-state index in [1.165, 1.54) is 0 Å². The molecule has 0 aliphatic carbocycles. The lowest BCUT2D eigenvalue weighted by atomic mass is 10.2. The van der Waals surface area contributed by atoms with E-state index in [1.54, 1.807) is 27.5 Å². The number of hydrogen-bond acceptors (Lipinski definition) is 6. The van der Waals surface area contributed by atoms with Crippen LogP contribution in [0.1, 0.15) is 0 Å². The minimum Gasteiger partial charge on any atom is -0.493 e. The smallest absolute Gasteiger partial charge is 0.224 e. The Morgan fingerprint density at radius 2 is 1.90 bits per heavy atom. The summed E-state index contributed by atoms with van der Waals surface area (Å²) in [6.07, 6.45) is 1.68. The van der Waals surface area contributed by atoms with Crippen molar-refractivity contribution in [2.24, 2.45) is 0 Å². The predicted octanol–water partition coefficient (Wildman–Crippen LogP) is 3.04. The van der Waals surface area contributed by atoms with Gasteiger partial charge in [-0.1, -0.05) is 0 Å². The molecule has 0 spiro atoms. The molecule has 0 aliphatic rings. The minimum absolute atomic E-state index is 0.538. The van der Waals surface area contributed by atoms with Crippen LogP contribution in [0, 0.1) is 0 Å². The van der Waals surface area contributed by atoms with Crippen molar-refractivity contribution in [3.63, 3.8) is 0 Å². The quantitative estimate of drug-likeness (QED) is 0.873. The first-order valence-electron chi connectivity index (χ1n) is 5.87. The van der Waals surface area contributed by atoms with Gasteiger partial charge in [-0.05, 0) is 28.1 Å². The van der Waals surface area contributed by atoms with Crippen LogP contribution in [0.2, 0.25) is 0 Å². The SMILES string of the molecule is CNc1ncc(Br)c(Nc2ccc(OC)c(OC)c2)n1. The number of anilines is 3. The van der Waals surface area contributed by atoms with Crippen LogP contribution in [0.5, 0.6) is 11.5 Å². The molecule has 1 aromatic heterocycles. The Kier molecular flexibility index (Phi) is 4.62. The second kappa shape index (κ2) is 6.42. The highest BCUT2D eigenvalue weighted by Gasteiger charge is 2.08. The monoisotopic (exact) mass is 338 g/mol. The second-order valence-electron chi connectivity index (χ2n) is 3.83. The van der Waals surface area contributed by atoms with Crippen molar-refractivity contribution < 1.29 is 9.47 Å². The molecule has 106 valence electrons. The highest BCUT2D eigenvalue weighted by molar-refractivity contribution is 9.10. The predicted molar refractivity (Wildman–Crippen MR) is 82.1 cm³/mol. The molecule has 7 heteroatoms. The van der Waals surface area contributed by atoms with E-state index in [0.29, 0.717) is 23.3 Å². The zero-order valence-corrected chi connectivity index (χ0v) is 13.0. The Morgan fingerprint density at radius 1 is 1.15 bits per heavy atom. The molecule has 0 bridgehead atoms. The summed E-state index contributed by atoms with van der Waals surface area (Å²) in [4.78, 5) is 8.44. The first-order chi connectivity index (χ1) is 9.67. The van der Waals surface area contributed by atoms with Gasteiger partial charge in [-0.2, -0.15) is 4.98 Å². The first-order valence-corrected chi connectivity index (χ1v) is 6.66. The summed E-state index contributed by atoms with van der Waals surface area (Å²) in [6, 6.07) is 5.55. The maximum atomic E-state index is 5.27. The molecule has 20 heavy (non-hydrogen) atoms. The van der Waals surface area contributed by atoms with E-state index in [0.717, 1.165) is 10.2 Å². The maximum Gasteiger partial charge on any atom is 0.224 e. The Balaban J connectivity index is 2.30. The summed E-state index contributed by atoms with van der Waals surface area (Å²) < 4.78 is 11.2. The van der Waals surface area contributed by atoms with Crippen LogP contribution in [-0.4, -0.2) is 31.2 Å². The molecule has 0 fully saturated rings. The largest absolute Gasteiger partial charge is 0.493 e. The fourth-order valence-corrected chi connectivity index (χ4v) is 1.92. The van der Waals surface area contributed by atoms with E-state index < -0.39 is 0 Å². The van der Waals surface area contributed by atoms with Crippen LogP contribution in [-0.2, 0) is 0 Å². The lowest BCUT2D eigenvalue weighted by molar-refractivity contribution is 0.355. The van der Waals surface area contributed by atoms with Crippen LogP contribution >= 0.6 is 15.9 Å². The number of rotatable bonds is 5. The molecule has 6 nitrogen and oxygen atoms in total. The molecule has 1 heterocycles. The van der Waals surface area contributed by atoms with Gasteiger partial charge in [0.2, 0.25) is 5.95 Å². The zero-order chi connectivity index (χ0) is 14.5. The number of methoxy groups -OCH3 is 2. The van der Waals surface area contributed by atoms with Crippen LogP contribution in [0.25, 0.3) is 0 Å². The van der Waals surface area contributed by atoms with Gasteiger partial charge in [0.05, 0.1) is 18.7 Å². The lowest BCUT2D eigenvalue weighted by Crippen LogP contribution is -2.01. The van der Waals surface area contributed by atoms with E-state index in [2.05, 4.69) is 36.5 Å². The average Bonchev–Trinajstić information content (AvgIpc) is 2.49. The van der Waals surface area contributed by atoms with Gasteiger partial charge in [0.15, 0.2) is 11.5 Å². The summed E-state index contributed by atoms with van der Waals surface area (Å²) in [5.41, 5.74) is 0.837. The van der Waals surface area contributed by atoms with Crippen molar-refractivity contribution in [2.45, 2.75) is 0 Å². The number of hydrogen-bond donors (Lipinski definition) is 2. The highest BCUT2D eigenvalue weighted by Crippen LogP contribution is 2.32. The van der Waals surface area contributed by atoms with Gasteiger partial charge in [-0.15, -0.1) is 0 Å². The Bertz CT molecular complexity index is 607. The second-order valence-corrected chi connectivity index (χ2v) is 4.69. The van der Waals surface area contributed by atoms with E-state index in [9.17, 15) is 0 Å². The van der Waals surface area contributed by atoms with E-state index in [4.69, 9.17) is 9.47 Å². The van der Waals surface area contributed by atoms with E-state index in [-0.39, 0.29) is 0 Å². The van der Waals surface area contributed by atoms with Crippen molar-refractivity contribution in [1.82, 2.24) is 9.97 Å². The van der Waals surface area contributed by atoms with Gasteiger partial charge in [0.25, 0.3) is 0 Å². The highest BCUT2D eigenvalue weighted by atomic mass is 79.9. The fourth-order valence-electron chi connectivity index (χ4n) is 1.63. The molecule has 0 atom stereocenters. The van der Waals surface area contributed by atoms with Crippen LogP contribution in [0.4, 0.5) is 17.5 Å². The van der Waals surface area contributed by atoms with Crippen molar-refractivity contribution in [1.29, 1.82) is 0 Å².